The van der Waals surface area contributed by atoms with Gasteiger partial charge in [0.2, 0.25) is 5.91 Å². The standard InChI is InChI=1S/C11H22N2O/c1-4-11(2,3)10(14)13-9-6-5-7-12-8-9/h9,12H,4-8H2,1-3H3,(H,13,14)/t9-/m0/s1. The fraction of sp³-hybridized carbons (Fsp3) is 0.909. The van der Waals surface area contributed by atoms with Gasteiger partial charge in [0.1, 0.15) is 0 Å². The smallest absolute Gasteiger partial charge is 0.225 e. The fourth-order valence-corrected chi connectivity index (χ4v) is 1.52. The number of rotatable bonds is 3. The van der Waals surface area contributed by atoms with Crippen molar-refractivity contribution in [2.75, 3.05) is 13.1 Å². The molecule has 0 aromatic carbocycles. The Balaban J connectivity index is 2.39. The van der Waals surface area contributed by atoms with E-state index in [0.717, 1.165) is 32.4 Å². The third kappa shape index (κ3) is 2.98. The van der Waals surface area contributed by atoms with Gasteiger partial charge in [0.05, 0.1) is 0 Å². The molecule has 1 aliphatic rings. The number of amides is 1. The molecule has 0 radical (unpaired) electrons. The summed E-state index contributed by atoms with van der Waals surface area (Å²) in [4.78, 5) is 11.8. The van der Waals surface area contributed by atoms with Crippen molar-refractivity contribution in [2.45, 2.75) is 46.1 Å². The summed E-state index contributed by atoms with van der Waals surface area (Å²) in [5.74, 6) is 0.189. The van der Waals surface area contributed by atoms with Crippen LogP contribution in [0, 0.1) is 5.41 Å². The minimum Gasteiger partial charge on any atom is -0.352 e. The highest BCUT2D eigenvalue weighted by molar-refractivity contribution is 5.82. The summed E-state index contributed by atoms with van der Waals surface area (Å²) in [5.41, 5.74) is -0.225. The van der Waals surface area contributed by atoms with Crippen molar-refractivity contribution >= 4 is 5.91 Å². The van der Waals surface area contributed by atoms with Gasteiger partial charge < -0.3 is 10.6 Å². The van der Waals surface area contributed by atoms with Crippen LogP contribution in [0.4, 0.5) is 0 Å². The van der Waals surface area contributed by atoms with Crippen molar-refractivity contribution in [1.82, 2.24) is 10.6 Å². The van der Waals surface area contributed by atoms with Crippen molar-refractivity contribution in [3.63, 3.8) is 0 Å². The van der Waals surface area contributed by atoms with E-state index in [1.54, 1.807) is 0 Å². The molecule has 1 aliphatic heterocycles. The molecule has 14 heavy (non-hydrogen) atoms. The van der Waals surface area contributed by atoms with E-state index in [1.807, 2.05) is 13.8 Å². The number of hydrogen-bond donors (Lipinski definition) is 2. The first-order chi connectivity index (χ1) is 6.56. The Morgan fingerprint density at radius 2 is 2.29 bits per heavy atom. The molecule has 0 aromatic rings. The first-order valence-corrected chi connectivity index (χ1v) is 5.58. The molecule has 1 amide bonds. The Bertz CT molecular complexity index is 195. The third-order valence-electron chi connectivity index (χ3n) is 3.13. The summed E-state index contributed by atoms with van der Waals surface area (Å²) >= 11 is 0. The molecule has 0 bridgehead atoms. The Morgan fingerprint density at radius 1 is 1.57 bits per heavy atom. The maximum absolute atomic E-state index is 11.8. The van der Waals surface area contributed by atoms with E-state index in [4.69, 9.17) is 0 Å². The number of carbonyl (C=O) groups excluding carboxylic acids is 1. The molecule has 0 spiro atoms. The van der Waals surface area contributed by atoms with Gasteiger partial charge in [-0.1, -0.05) is 20.8 Å². The van der Waals surface area contributed by atoms with Crippen LogP contribution in [0.1, 0.15) is 40.0 Å². The highest BCUT2D eigenvalue weighted by Gasteiger charge is 2.27. The summed E-state index contributed by atoms with van der Waals surface area (Å²) in [6.45, 7) is 8.06. The van der Waals surface area contributed by atoms with Crippen molar-refractivity contribution in [3.8, 4) is 0 Å². The molecule has 1 atom stereocenters. The molecule has 3 nitrogen and oxygen atoms in total. The molecule has 0 saturated carbocycles. The third-order valence-corrected chi connectivity index (χ3v) is 3.13. The van der Waals surface area contributed by atoms with Crippen molar-refractivity contribution < 1.29 is 4.79 Å². The number of carbonyl (C=O) groups is 1. The van der Waals surface area contributed by atoms with Gasteiger partial charge in [-0.15, -0.1) is 0 Å². The average Bonchev–Trinajstić information content (AvgIpc) is 2.19. The Hall–Kier alpha value is -0.570. The molecule has 1 saturated heterocycles. The largest absolute Gasteiger partial charge is 0.352 e. The van der Waals surface area contributed by atoms with Gasteiger partial charge >= 0.3 is 0 Å². The summed E-state index contributed by atoms with van der Waals surface area (Å²) < 4.78 is 0. The van der Waals surface area contributed by atoms with Crippen LogP contribution in [-0.2, 0) is 4.79 Å². The summed E-state index contributed by atoms with van der Waals surface area (Å²) in [5, 5.41) is 6.40. The minimum absolute atomic E-state index is 0.189. The second-order valence-corrected chi connectivity index (χ2v) is 4.75. The summed E-state index contributed by atoms with van der Waals surface area (Å²) in [6, 6.07) is 0.335. The van der Waals surface area contributed by atoms with E-state index >= 15 is 0 Å². The Labute approximate surface area is 86.6 Å². The molecule has 82 valence electrons. The quantitative estimate of drug-likeness (QED) is 0.717. The van der Waals surface area contributed by atoms with Crippen LogP contribution in [0.3, 0.4) is 0 Å². The maximum Gasteiger partial charge on any atom is 0.225 e. The van der Waals surface area contributed by atoms with Crippen LogP contribution in [0.15, 0.2) is 0 Å². The SMILES string of the molecule is CCC(C)(C)C(=O)N[C@H]1CCCNC1. The van der Waals surface area contributed by atoms with Crippen molar-refractivity contribution in [1.29, 1.82) is 0 Å². The molecule has 2 N–H and O–H groups in total. The van der Waals surface area contributed by atoms with Gasteiger partial charge in [0.25, 0.3) is 0 Å². The first-order valence-electron chi connectivity index (χ1n) is 5.58. The molecule has 0 unspecified atom stereocenters. The van der Waals surface area contributed by atoms with Crippen molar-refractivity contribution in [2.24, 2.45) is 5.41 Å². The molecule has 3 heteroatoms. The molecule has 1 fully saturated rings. The second kappa shape index (κ2) is 4.78. The highest BCUT2D eigenvalue weighted by Crippen LogP contribution is 2.20. The number of piperidine rings is 1. The average molecular weight is 198 g/mol. The topological polar surface area (TPSA) is 41.1 Å². The lowest BCUT2D eigenvalue weighted by molar-refractivity contribution is -0.130. The van der Waals surface area contributed by atoms with E-state index in [9.17, 15) is 4.79 Å². The first kappa shape index (κ1) is 11.5. The van der Waals surface area contributed by atoms with Crippen molar-refractivity contribution in [3.05, 3.63) is 0 Å². The molecular weight excluding hydrogens is 176 g/mol. The lowest BCUT2D eigenvalue weighted by atomic mass is 9.88. The van der Waals surface area contributed by atoms with E-state index in [-0.39, 0.29) is 11.3 Å². The normalized spacial score (nSPS) is 23.2. The van der Waals surface area contributed by atoms with E-state index in [0.29, 0.717) is 6.04 Å². The van der Waals surface area contributed by atoms with Gasteiger partial charge in [-0.05, 0) is 25.8 Å². The maximum atomic E-state index is 11.8. The van der Waals surface area contributed by atoms with Crippen LogP contribution in [0.25, 0.3) is 0 Å². The Morgan fingerprint density at radius 3 is 2.79 bits per heavy atom. The zero-order valence-electron chi connectivity index (χ0n) is 9.52. The van der Waals surface area contributed by atoms with Gasteiger partial charge in [-0.2, -0.15) is 0 Å². The zero-order valence-corrected chi connectivity index (χ0v) is 9.52. The molecule has 1 heterocycles. The summed E-state index contributed by atoms with van der Waals surface area (Å²) in [7, 11) is 0. The van der Waals surface area contributed by atoms with Crippen LogP contribution >= 0.6 is 0 Å². The zero-order chi connectivity index (χ0) is 10.6. The molecule has 0 aromatic heterocycles. The summed E-state index contributed by atoms with van der Waals surface area (Å²) in [6.07, 6.45) is 3.16. The fourth-order valence-electron chi connectivity index (χ4n) is 1.52. The molecular formula is C11H22N2O. The van der Waals surface area contributed by atoms with Crippen LogP contribution < -0.4 is 10.6 Å². The second-order valence-electron chi connectivity index (χ2n) is 4.75. The molecule has 0 aliphatic carbocycles. The van der Waals surface area contributed by atoms with Gasteiger partial charge in [0.15, 0.2) is 0 Å². The number of hydrogen-bond acceptors (Lipinski definition) is 2. The van der Waals surface area contributed by atoms with E-state index < -0.39 is 0 Å². The predicted molar refractivity (Wildman–Crippen MR) is 58.1 cm³/mol. The lowest BCUT2D eigenvalue weighted by Crippen LogP contribution is -2.49. The lowest BCUT2D eigenvalue weighted by Gasteiger charge is -2.28. The molecule has 1 rings (SSSR count). The van der Waals surface area contributed by atoms with Gasteiger partial charge in [0, 0.05) is 18.0 Å². The Kier molecular flexibility index (Phi) is 3.93. The number of nitrogens with one attached hydrogen (secondary N) is 2. The predicted octanol–water partition coefficient (Wildman–Crippen LogP) is 1.29. The van der Waals surface area contributed by atoms with Crippen LogP contribution in [-0.4, -0.2) is 25.0 Å². The van der Waals surface area contributed by atoms with E-state index in [2.05, 4.69) is 17.6 Å². The van der Waals surface area contributed by atoms with Crippen LogP contribution in [0.2, 0.25) is 0 Å². The van der Waals surface area contributed by atoms with E-state index in [1.165, 1.54) is 0 Å². The monoisotopic (exact) mass is 198 g/mol. The van der Waals surface area contributed by atoms with Crippen LogP contribution in [0.5, 0.6) is 0 Å². The van der Waals surface area contributed by atoms with Gasteiger partial charge in [-0.25, -0.2) is 0 Å². The highest BCUT2D eigenvalue weighted by atomic mass is 16.2. The minimum atomic E-state index is -0.225. The van der Waals surface area contributed by atoms with Gasteiger partial charge in [-0.3, -0.25) is 4.79 Å².